The Morgan fingerprint density at radius 3 is 2.24 bits per heavy atom. The number of anilines is 1. The molecule has 0 saturated carbocycles. The fourth-order valence-corrected chi connectivity index (χ4v) is 5.80. The van der Waals surface area contributed by atoms with Crippen LogP contribution in [0.4, 0.5) is 5.69 Å². The maximum atomic E-state index is 13.7. The average molecular weight is 564 g/mol. The number of carbonyl (C=O) groups is 1. The highest BCUT2D eigenvalue weighted by molar-refractivity contribution is 7.92. The maximum absolute atomic E-state index is 13.7. The van der Waals surface area contributed by atoms with Gasteiger partial charge in [0.05, 0.1) is 10.6 Å². The molecule has 0 amide bonds. The number of hydrogen-bond donors (Lipinski definition) is 0. The second-order valence-electron chi connectivity index (χ2n) is 9.28. The number of sulfonamides is 1. The second kappa shape index (κ2) is 9.85. The van der Waals surface area contributed by atoms with Gasteiger partial charge in [0.15, 0.2) is 5.82 Å². The van der Waals surface area contributed by atoms with E-state index in [2.05, 4.69) is 5.16 Å². The number of halogens is 2. The monoisotopic (exact) mass is 563 g/mol. The van der Waals surface area contributed by atoms with Gasteiger partial charge in [0.1, 0.15) is 12.1 Å². The number of carbonyl (C=O) groups excluding carboxylic acids is 1. The van der Waals surface area contributed by atoms with E-state index in [0.29, 0.717) is 16.8 Å². The average Bonchev–Trinajstić information content (AvgIpc) is 3.13. The van der Waals surface area contributed by atoms with Crippen molar-refractivity contribution in [1.29, 1.82) is 0 Å². The van der Waals surface area contributed by atoms with Crippen LogP contribution in [0.25, 0.3) is 22.2 Å². The predicted molar refractivity (Wildman–Crippen MR) is 142 cm³/mol. The molecule has 194 valence electrons. The van der Waals surface area contributed by atoms with Gasteiger partial charge in [0.2, 0.25) is 0 Å². The van der Waals surface area contributed by atoms with Gasteiger partial charge in [-0.2, -0.15) is 0 Å². The number of aromatic nitrogens is 2. The Morgan fingerprint density at radius 2 is 1.65 bits per heavy atom. The molecule has 0 aliphatic carbocycles. The maximum Gasteiger partial charge on any atom is 0.441 e. The molecule has 0 saturated heterocycles. The van der Waals surface area contributed by atoms with Gasteiger partial charge in [0, 0.05) is 22.7 Å². The highest BCUT2D eigenvalue weighted by Gasteiger charge is 2.30. The second-order valence-corrected chi connectivity index (χ2v) is 12.0. The summed E-state index contributed by atoms with van der Waals surface area (Å²) in [6.07, 6.45) is 0. The van der Waals surface area contributed by atoms with Gasteiger partial charge in [-0.1, -0.05) is 46.6 Å². The van der Waals surface area contributed by atoms with Crippen molar-refractivity contribution in [2.24, 2.45) is 7.05 Å². The van der Waals surface area contributed by atoms with Gasteiger partial charge in [-0.15, -0.1) is 0 Å². The number of rotatable bonds is 6. The first-order chi connectivity index (χ1) is 17.2. The summed E-state index contributed by atoms with van der Waals surface area (Å²) in [5.41, 5.74) is 0.0591. The van der Waals surface area contributed by atoms with Crippen molar-refractivity contribution in [2.45, 2.75) is 31.3 Å². The van der Waals surface area contributed by atoms with Crippen LogP contribution in [0.1, 0.15) is 20.8 Å². The van der Waals surface area contributed by atoms with Gasteiger partial charge in [-0.25, -0.2) is 13.2 Å². The first kappa shape index (κ1) is 26.7. The Kier molecular flexibility index (Phi) is 7.11. The molecule has 0 aliphatic heterocycles. The van der Waals surface area contributed by atoms with E-state index in [-0.39, 0.29) is 20.6 Å². The Bertz CT molecular complexity index is 1650. The van der Waals surface area contributed by atoms with Crippen LogP contribution in [0.3, 0.4) is 0 Å². The van der Waals surface area contributed by atoms with Crippen LogP contribution in [-0.4, -0.2) is 36.3 Å². The summed E-state index contributed by atoms with van der Waals surface area (Å²) in [6.45, 7) is 4.50. The first-order valence-electron chi connectivity index (χ1n) is 11.0. The largest absolute Gasteiger partial charge is 0.459 e. The van der Waals surface area contributed by atoms with Crippen molar-refractivity contribution in [3.63, 3.8) is 0 Å². The minimum absolute atomic E-state index is 0.136. The van der Waals surface area contributed by atoms with E-state index < -0.39 is 33.9 Å². The predicted octanol–water partition coefficient (Wildman–Crippen LogP) is 5.04. The molecule has 0 aliphatic rings. The summed E-state index contributed by atoms with van der Waals surface area (Å²) >= 11 is 12.1. The molecule has 4 aromatic rings. The molecule has 4 rings (SSSR count). The number of benzene rings is 3. The fourth-order valence-electron chi connectivity index (χ4n) is 3.68. The zero-order valence-electron chi connectivity index (χ0n) is 20.4. The van der Waals surface area contributed by atoms with E-state index in [1.54, 1.807) is 64.2 Å². The van der Waals surface area contributed by atoms with Gasteiger partial charge >= 0.3 is 11.7 Å². The molecule has 0 unspecified atom stereocenters. The Balaban J connectivity index is 1.80. The lowest BCUT2D eigenvalue weighted by Crippen LogP contribution is -2.39. The smallest absolute Gasteiger partial charge is 0.441 e. The van der Waals surface area contributed by atoms with Crippen LogP contribution < -0.4 is 10.1 Å². The molecule has 0 bridgehead atoms. The van der Waals surface area contributed by atoms with Crippen LogP contribution in [-0.2, 0) is 26.6 Å². The minimum Gasteiger partial charge on any atom is -0.459 e. The number of esters is 1. The van der Waals surface area contributed by atoms with Crippen LogP contribution >= 0.6 is 23.2 Å². The number of hydrogen-bond acceptors (Lipinski definition) is 7. The van der Waals surface area contributed by atoms with E-state index in [0.717, 1.165) is 9.69 Å². The third-order valence-corrected chi connectivity index (χ3v) is 7.48. The topological polar surface area (TPSA) is 112 Å². The molecule has 9 nitrogen and oxygen atoms in total. The summed E-state index contributed by atoms with van der Waals surface area (Å²) < 4.78 is 39.7. The zero-order valence-corrected chi connectivity index (χ0v) is 22.7. The van der Waals surface area contributed by atoms with Crippen molar-refractivity contribution in [3.05, 3.63) is 75.2 Å². The van der Waals surface area contributed by atoms with Crippen molar-refractivity contribution in [1.82, 2.24) is 9.72 Å². The third-order valence-electron chi connectivity index (χ3n) is 5.29. The van der Waals surface area contributed by atoms with Crippen molar-refractivity contribution < 1.29 is 22.5 Å². The van der Waals surface area contributed by atoms with Crippen LogP contribution in [0.2, 0.25) is 10.0 Å². The normalized spacial score (nSPS) is 12.1. The number of fused-ring (bicyclic) bond motifs is 1. The highest BCUT2D eigenvalue weighted by Crippen LogP contribution is 2.31. The van der Waals surface area contributed by atoms with Gasteiger partial charge in [0.25, 0.3) is 10.0 Å². The number of ether oxygens (including phenoxy) is 1. The van der Waals surface area contributed by atoms with Gasteiger partial charge in [-0.05, 0) is 67.9 Å². The van der Waals surface area contributed by atoms with E-state index in [4.69, 9.17) is 32.5 Å². The minimum atomic E-state index is -4.27. The summed E-state index contributed by atoms with van der Waals surface area (Å²) in [7, 11) is -2.72. The summed E-state index contributed by atoms with van der Waals surface area (Å²) in [5, 5.41) is 5.50. The SMILES string of the molecule is Cn1c(-c2ccc3cc(N(CC(=O)OC(C)(C)C)S(=O)(=O)c4cc(Cl)cc(Cl)c4)ccc3c2)noc1=O. The lowest BCUT2D eigenvalue weighted by Gasteiger charge is -2.26. The van der Waals surface area contributed by atoms with Crippen molar-refractivity contribution in [2.75, 3.05) is 10.8 Å². The molecular weight excluding hydrogens is 541 g/mol. The van der Waals surface area contributed by atoms with E-state index in [1.807, 2.05) is 0 Å². The first-order valence-corrected chi connectivity index (χ1v) is 13.2. The molecule has 0 fully saturated rings. The Labute approximate surface area is 223 Å². The lowest BCUT2D eigenvalue weighted by atomic mass is 10.1. The standard InChI is InChI=1S/C25H23Cl2N3O6S/c1-25(2,3)35-22(31)14-30(37(33,34)21-12-18(26)11-19(27)13-21)20-8-7-15-9-17(6-5-16(15)10-20)23-28-36-24(32)29(23)4/h5-13H,14H2,1-4H3. The molecule has 0 spiro atoms. The van der Waals surface area contributed by atoms with Crippen molar-refractivity contribution >= 4 is 55.7 Å². The summed E-state index contributed by atoms with van der Waals surface area (Å²) in [4.78, 5) is 24.2. The quantitative estimate of drug-likeness (QED) is 0.302. The lowest BCUT2D eigenvalue weighted by molar-refractivity contribution is -0.152. The molecule has 3 aromatic carbocycles. The molecule has 1 heterocycles. The van der Waals surface area contributed by atoms with Gasteiger partial charge in [-0.3, -0.25) is 18.2 Å². The van der Waals surface area contributed by atoms with E-state index in [1.165, 1.54) is 22.8 Å². The zero-order chi connectivity index (χ0) is 27.1. The molecular formula is C25H23Cl2N3O6S. The van der Waals surface area contributed by atoms with Crippen LogP contribution in [0, 0.1) is 0 Å². The van der Waals surface area contributed by atoms with Gasteiger partial charge < -0.3 is 4.74 Å². The molecule has 0 N–H and O–H groups in total. The Morgan fingerprint density at radius 1 is 1.03 bits per heavy atom. The van der Waals surface area contributed by atoms with E-state index in [9.17, 15) is 18.0 Å². The molecule has 37 heavy (non-hydrogen) atoms. The summed E-state index contributed by atoms with van der Waals surface area (Å²) in [6, 6.07) is 14.1. The summed E-state index contributed by atoms with van der Waals surface area (Å²) in [5.74, 6) is -0.968. The molecule has 1 aromatic heterocycles. The van der Waals surface area contributed by atoms with Crippen LogP contribution in [0.15, 0.2) is 68.8 Å². The molecule has 0 radical (unpaired) electrons. The van der Waals surface area contributed by atoms with Crippen LogP contribution in [0.5, 0.6) is 0 Å². The van der Waals surface area contributed by atoms with Crippen molar-refractivity contribution in [3.8, 4) is 11.4 Å². The molecule has 0 atom stereocenters. The third kappa shape index (κ3) is 5.82. The molecule has 12 heteroatoms. The Hall–Kier alpha value is -3.34. The van der Waals surface area contributed by atoms with E-state index >= 15 is 0 Å². The fraction of sp³-hybridized carbons (Fsp3) is 0.240. The number of nitrogens with zero attached hydrogens (tertiary/aromatic N) is 3. The highest BCUT2D eigenvalue weighted by atomic mass is 35.5.